The Morgan fingerprint density at radius 3 is 2.66 bits per heavy atom. The van der Waals surface area contributed by atoms with Crippen molar-refractivity contribution >= 4 is 60.7 Å². The Morgan fingerprint density at radius 1 is 1.03 bits per heavy atom. The fourth-order valence-electron chi connectivity index (χ4n) is 3.34. The molecule has 0 unspecified atom stereocenters. The van der Waals surface area contributed by atoms with Crippen molar-refractivity contribution in [1.82, 2.24) is 14.9 Å². The summed E-state index contributed by atoms with van der Waals surface area (Å²) in [6, 6.07) is 15.9. The number of likely N-dealkylation sites (N-methyl/N-ethyl adjacent to an activating group) is 1. The van der Waals surface area contributed by atoms with Crippen molar-refractivity contribution in [2.24, 2.45) is 0 Å². The number of halogens is 1. The molecule has 2 heterocycles. The lowest BCUT2D eigenvalue weighted by atomic mass is 10.1. The lowest BCUT2D eigenvalue weighted by molar-refractivity contribution is 0.316. The van der Waals surface area contributed by atoms with Gasteiger partial charge in [0.25, 0.3) is 0 Å². The van der Waals surface area contributed by atoms with Crippen LogP contribution < -0.4 is 10.6 Å². The zero-order valence-corrected chi connectivity index (χ0v) is 18.1. The van der Waals surface area contributed by atoms with Crippen LogP contribution in [0.2, 0.25) is 5.02 Å². The molecule has 4 rings (SSSR count). The molecule has 2 aromatic carbocycles. The molecule has 0 saturated carbocycles. The van der Waals surface area contributed by atoms with Gasteiger partial charge in [-0.15, -0.1) is 0 Å². The molecule has 7 heteroatoms. The van der Waals surface area contributed by atoms with E-state index in [1.807, 2.05) is 42.5 Å². The first kappa shape index (κ1) is 19.9. The van der Waals surface area contributed by atoms with Crippen LogP contribution >= 0.6 is 22.9 Å². The highest BCUT2D eigenvalue weighted by Gasteiger charge is 2.14. The highest BCUT2D eigenvalue weighted by Crippen LogP contribution is 2.36. The van der Waals surface area contributed by atoms with Gasteiger partial charge >= 0.3 is 0 Å². The summed E-state index contributed by atoms with van der Waals surface area (Å²) in [7, 11) is 0. The smallest absolute Gasteiger partial charge is 0.185 e. The second kappa shape index (κ2) is 8.95. The van der Waals surface area contributed by atoms with Gasteiger partial charge in [-0.1, -0.05) is 61.1 Å². The van der Waals surface area contributed by atoms with Gasteiger partial charge in [0.1, 0.15) is 10.3 Å². The number of anilines is 3. The lowest BCUT2D eigenvalue weighted by Crippen LogP contribution is -2.28. The van der Waals surface area contributed by atoms with Gasteiger partial charge in [0, 0.05) is 29.2 Å². The molecule has 4 aromatic rings. The van der Waals surface area contributed by atoms with E-state index >= 15 is 0 Å². The average Bonchev–Trinajstić information content (AvgIpc) is 3.14. The van der Waals surface area contributed by atoms with Crippen molar-refractivity contribution in [2.45, 2.75) is 13.8 Å². The Hall–Kier alpha value is -2.41. The van der Waals surface area contributed by atoms with Gasteiger partial charge < -0.3 is 15.5 Å². The molecule has 0 aliphatic heterocycles. The second-order valence-electron chi connectivity index (χ2n) is 6.77. The van der Waals surface area contributed by atoms with Gasteiger partial charge in [-0.25, -0.2) is 9.97 Å². The SMILES string of the molecule is CCN(CC)CCNc1nc2c(Nc3cccc(Cl)c3)c3ccccc3nc2s1. The van der Waals surface area contributed by atoms with Gasteiger partial charge in [-0.2, -0.15) is 0 Å². The Balaban J connectivity index is 1.70. The molecule has 0 fully saturated rings. The first-order valence-corrected chi connectivity index (χ1v) is 11.1. The third kappa shape index (κ3) is 4.45. The summed E-state index contributed by atoms with van der Waals surface area (Å²) in [5.41, 5.74) is 3.71. The van der Waals surface area contributed by atoms with Gasteiger partial charge in [-0.3, -0.25) is 0 Å². The molecular formula is C22H24ClN5S. The number of para-hydroxylation sites is 1. The maximum atomic E-state index is 6.18. The number of hydrogen-bond donors (Lipinski definition) is 2. The van der Waals surface area contributed by atoms with E-state index in [9.17, 15) is 0 Å². The standard InChI is InChI=1S/C22H24ClN5S/c1-3-28(4-2)13-12-24-22-27-20-19(25-16-9-7-8-15(23)14-16)17-10-5-6-11-18(17)26-21(20)29-22/h5-11,14H,3-4,12-13H2,1-2H3,(H,24,27)(H,25,26). The fraction of sp³-hybridized carbons (Fsp3) is 0.273. The normalized spacial score (nSPS) is 11.4. The number of rotatable bonds is 8. The highest BCUT2D eigenvalue weighted by molar-refractivity contribution is 7.21. The molecule has 0 bridgehead atoms. The van der Waals surface area contributed by atoms with E-state index in [4.69, 9.17) is 21.6 Å². The molecule has 29 heavy (non-hydrogen) atoms. The summed E-state index contributed by atoms with van der Waals surface area (Å²) in [5.74, 6) is 0. The molecule has 0 aliphatic rings. The molecule has 0 saturated heterocycles. The summed E-state index contributed by atoms with van der Waals surface area (Å²) >= 11 is 7.77. The number of benzene rings is 2. The van der Waals surface area contributed by atoms with Crippen LogP contribution in [0.4, 0.5) is 16.5 Å². The van der Waals surface area contributed by atoms with E-state index in [2.05, 4.69) is 35.4 Å². The fourth-order valence-corrected chi connectivity index (χ4v) is 4.42. The van der Waals surface area contributed by atoms with E-state index in [0.717, 1.165) is 63.9 Å². The van der Waals surface area contributed by atoms with Crippen molar-refractivity contribution in [1.29, 1.82) is 0 Å². The third-order valence-electron chi connectivity index (χ3n) is 4.93. The molecule has 0 aliphatic carbocycles. The number of nitrogens with zero attached hydrogens (tertiary/aromatic N) is 3. The van der Waals surface area contributed by atoms with Gasteiger partial charge in [0.2, 0.25) is 0 Å². The van der Waals surface area contributed by atoms with E-state index in [-0.39, 0.29) is 0 Å². The topological polar surface area (TPSA) is 53.1 Å². The highest BCUT2D eigenvalue weighted by atomic mass is 35.5. The number of aromatic nitrogens is 2. The minimum Gasteiger partial charge on any atom is -0.360 e. The van der Waals surface area contributed by atoms with Crippen LogP contribution in [0, 0.1) is 0 Å². The van der Waals surface area contributed by atoms with Crippen molar-refractivity contribution in [3.05, 3.63) is 53.6 Å². The predicted octanol–water partition coefficient (Wildman–Crippen LogP) is 6.00. The number of pyridine rings is 1. The Labute approximate surface area is 179 Å². The van der Waals surface area contributed by atoms with Crippen molar-refractivity contribution in [3.8, 4) is 0 Å². The van der Waals surface area contributed by atoms with E-state index < -0.39 is 0 Å². The van der Waals surface area contributed by atoms with Crippen molar-refractivity contribution in [3.63, 3.8) is 0 Å². The number of thiazole rings is 1. The monoisotopic (exact) mass is 425 g/mol. The number of fused-ring (bicyclic) bond motifs is 2. The molecule has 0 spiro atoms. The maximum absolute atomic E-state index is 6.18. The quantitative estimate of drug-likeness (QED) is 0.363. The molecular weight excluding hydrogens is 402 g/mol. The molecule has 2 aromatic heterocycles. The van der Waals surface area contributed by atoms with Crippen molar-refractivity contribution < 1.29 is 0 Å². The molecule has 150 valence electrons. The molecule has 5 nitrogen and oxygen atoms in total. The van der Waals surface area contributed by atoms with E-state index in [1.54, 1.807) is 11.3 Å². The van der Waals surface area contributed by atoms with Crippen LogP contribution in [-0.2, 0) is 0 Å². The van der Waals surface area contributed by atoms with E-state index in [1.165, 1.54) is 0 Å². The van der Waals surface area contributed by atoms with Gasteiger partial charge in [0.15, 0.2) is 5.13 Å². The summed E-state index contributed by atoms with van der Waals surface area (Å²) in [5, 5.41) is 9.62. The minimum atomic E-state index is 0.696. The van der Waals surface area contributed by atoms with Crippen LogP contribution in [0.25, 0.3) is 21.3 Å². The first-order valence-electron chi connectivity index (χ1n) is 9.86. The Morgan fingerprint density at radius 2 is 1.86 bits per heavy atom. The van der Waals surface area contributed by atoms with Crippen LogP contribution in [0.15, 0.2) is 48.5 Å². The van der Waals surface area contributed by atoms with Crippen LogP contribution in [-0.4, -0.2) is 41.0 Å². The largest absolute Gasteiger partial charge is 0.360 e. The summed E-state index contributed by atoms with van der Waals surface area (Å²) < 4.78 is 0. The number of hydrogen-bond acceptors (Lipinski definition) is 6. The van der Waals surface area contributed by atoms with Gasteiger partial charge in [-0.05, 0) is 37.4 Å². The van der Waals surface area contributed by atoms with Crippen LogP contribution in [0.1, 0.15) is 13.8 Å². The number of nitrogens with one attached hydrogen (secondary N) is 2. The van der Waals surface area contributed by atoms with Gasteiger partial charge in [0.05, 0.1) is 11.2 Å². The predicted molar refractivity (Wildman–Crippen MR) is 126 cm³/mol. The summed E-state index contributed by atoms with van der Waals surface area (Å²) in [4.78, 5) is 13.0. The zero-order chi connectivity index (χ0) is 20.2. The second-order valence-corrected chi connectivity index (χ2v) is 8.18. The third-order valence-corrected chi connectivity index (χ3v) is 6.08. The van der Waals surface area contributed by atoms with E-state index in [0.29, 0.717) is 5.02 Å². The first-order chi connectivity index (χ1) is 14.2. The maximum Gasteiger partial charge on any atom is 0.185 e. The van der Waals surface area contributed by atoms with Crippen LogP contribution in [0.5, 0.6) is 0 Å². The van der Waals surface area contributed by atoms with Crippen molar-refractivity contribution in [2.75, 3.05) is 36.8 Å². The lowest BCUT2D eigenvalue weighted by Gasteiger charge is -2.17. The molecule has 0 atom stereocenters. The average molecular weight is 426 g/mol. The molecule has 2 N–H and O–H groups in total. The summed E-state index contributed by atoms with van der Waals surface area (Å²) in [6.07, 6.45) is 0. The summed E-state index contributed by atoms with van der Waals surface area (Å²) in [6.45, 7) is 8.33. The molecule has 0 radical (unpaired) electrons. The Bertz CT molecular complexity index is 1120. The Kier molecular flexibility index (Phi) is 6.13. The zero-order valence-electron chi connectivity index (χ0n) is 16.6. The van der Waals surface area contributed by atoms with Crippen LogP contribution in [0.3, 0.4) is 0 Å². The molecule has 0 amide bonds. The minimum absolute atomic E-state index is 0.696.